The molecular formula is C17H16ClNO3. The molecule has 0 fully saturated rings. The number of ether oxygens (including phenoxy) is 1. The van der Waals surface area contributed by atoms with Gasteiger partial charge in [-0.15, -0.1) is 0 Å². The van der Waals surface area contributed by atoms with E-state index in [0.717, 1.165) is 16.7 Å². The van der Waals surface area contributed by atoms with Crippen molar-refractivity contribution in [3.05, 3.63) is 58.8 Å². The number of carboxylic acid groups (broad SMARTS) is 1. The summed E-state index contributed by atoms with van der Waals surface area (Å²) >= 11 is 6.35. The molecule has 114 valence electrons. The molecule has 0 aromatic heterocycles. The van der Waals surface area contributed by atoms with E-state index in [1.165, 1.54) is 0 Å². The summed E-state index contributed by atoms with van der Waals surface area (Å²) in [5.74, 6) is -1.05. The highest BCUT2D eigenvalue weighted by atomic mass is 35.5. The summed E-state index contributed by atoms with van der Waals surface area (Å²) in [4.78, 5) is 11.7. The van der Waals surface area contributed by atoms with Crippen molar-refractivity contribution >= 4 is 23.1 Å². The van der Waals surface area contributed by atoms with Crippen molar-refractivity contribution in [3.63, 3.8) is 0 Å². The molecule has 4 nitrogen and oxygen atoms in total. The number of halogens is 1. The number of benzene rings is 1. The number of rotatable bonds is 3. The van der Waals surface area contributed by atoms with Crippen molar-refractivity contribution in [3.8, 4) is 5.75 Å². The van der Waals surface area contributed by atoms with Crippen LogP contribution in [0, 0.1) is 11.8 Å². The molecule has 0 bridgehead atoms. The van der Waals surface area contributed by atoms with Crippen molar-refractivity contribution < 1.29 is 14.6 Å². The minimum atomic E-state index is -0.878. The Morgan fingerprint density at radius 2 is 2.18 bits per heavy atom. The highest BCUT2D eigenvalue weighted by Crippen LogP contribution is 2.45. The first-order valence-corrected chi connectivity index (χ1v) is 7.43. The van der Waals surface area contributed by atoms with E-state index in [0.29, 0.717) is 17.3 Å². The summed E-state index contributed by atoms with van der Waals surface area (Å²) in [6, 6.07) is 7.61. The molecule has 0 amide bonds. The topological polar surface area (TPSA) is 58.6 Å². The number of carboxylic acids is 1. The van der Waals surface area contributed by atoms with Gasteiger partial charge >= 0.3 is 5.97 Å². The molecule has 0 radical (unpaired) electrons. The third kappa shape index (κ3) is 2.45. The quantitative estimate of drug-likeness (QED) is 0.899. The Kier molecular flexibility index (Phi) is 4.05. The smallest absolute Gasteiger partial charge is 0.311 e. The first-order chi connectivity index (χ1) is 10.6. The average Bonchev–Trinajstić information content (AvgIpc) is 2.70. The molecular weight excluding hydrogens is 302 g/mol. The fourth-order valence-corrected chi connectivity index (χ4v) is 3.35. The van der Waals surface area contributed by atoms with E-state index in [2.05, 4.69) is 5.32 Å². The molecule has 1 heterocycles. The molecule has 0 saturated heterocycles. The van der Waals surface area contributed by atoms with Crippen LogP contribution in [0.2, 0.25) is 0 Å². The van der Waals surface area contributed by atoms with Crippen molar-refractivity contribution in [1.29, 1.82) is 0 Å². The van der Waals surface area contributed by atoms with E-state index in [1.807, 2.05) is 31.3 Å². The predicted octanol–water partition coefficient (Wildman–Crippen LogP) is 3.02. The lowest BCUT2D eigenvalue weighted by Crippen LogP contribution is -2.33. The highest BCUT2D eigenvalue weighted by Gasteiger charge is 2.36. The summed E-state index contributed by atoms with van der Waals surface area (Å²) in [5, 5.41) is 13.1. The van der Waals surface area contributed by atoms with Crippen LogP contribution in [0.4, 0.5) is 0 Å². The minimum absolute atomic E-state index is 0.215. The molecule has 22 heavy (non-hydrogen) atoms. The Morgan fingerprint density at radius 1 is 1.41 bits per heavy atom. The third-order valence-corrected chi connectivity index (χ3v) is 4.32. The van der Waals surface area contributed by atoms with E-state index in [4.69, 9.17) is 16.3 Å². The van der Waals surface area contributed by atoms with Crippen LogP contribution in [-0.4, -0.2) is 24.7 Å². The molecule has 1 aliphatic carbocycles. The monoisotopic (exact) mass is 317 g/mol. The lowest BCUT2D eigenvalue weighted by atomic mass is 9.76. The minimum Gasteiger partial charge on any atom is -0.481 e. The number of hydrogen-bond acceptors (Lipinski definition) is 3. The summed E-state index contributed by atoms with van der Waals surface area (Å²) in [5.41, 5.74) is 2.63. The lowest BCUT2D eigenvalue weighted by Gasteiger charge is -2.30. The van der Waals surface area contributed by atoms with Gasteiger partial charge in [0.25, 0.3) is 0 Å². The van der Waals surface area contributed by atoms with Crippen LogP contribution >= 0.6 is 11.6 Å². The third-order valence-electron chi connectivity index (χ3n) is 3.99. The molecule has 2 atom stereocenters. The van der Waals surface area contributed by atoms with Crippen LogP contribution in [-0.2, 0) is 4.79 Å². The molecule has 2 aliphatic rings. The van der Waals surface area contributed by atoms with Crippen LogP contribution in [0.1, 0.15) is 5.56 Å². The Labute approximate surface area is 133 Å². The van der Waals surface area contributed by atoms with Gasteiger partial charge in [-0.2, -0.15) is 0 Å². The van der Waals surface area contributed by atoms with Crippen LogP contribution in [0.15, 0.2) is 53.3 Å². The maximum absolute atomic E-state index is 11.7. The van der Waals surface area contributed by atoms with E-state index >= 15 is 0 Å². The number of aliphatic carboxylic acids is 1. The van der Waals surface area contributed by atoms with E-state index in [9.17, 15) is 9.90 Å². The van der Waals surface area contributed by atoms with Crippen molar-refractivity contribution in [2.24, 2.45) is 11.8 Å². The molecule has 0 unspecified atom stereocenters. The Balaban J connectivity index is 2.23. The molecule has 0 saturated carbocycles. The van der Waals surface area contributed by atoms with Gasteiger partial charge in [0.05, 0.1) is 12.2 Å². The van der Waals surface area contributed by atoms with Crippen LogP contribution < -0.4 is 10.1 Å². The van der Waals surface area contributed by atoms with E-state index in [-0.39, 0.29) is 5.92 Å². The lowest BCUT2D eigenvalue weighted by molar-refractivity contribution is -0.141. The summed E-state index contributed by atoms with van der Waals surface area (Å²) in [6.45, 7) is 0.540. The second-order valence-electron chi connectivity index (χ2n) is 5.29. The fourth-order valence-electron chi connectivity index (χ4n) is 3.05. The second kappa shape index (κ2) is 5.99. The highest BCUT2D eigenvalue weighted by molar-refractivity contribution is 6.33. The number of para-hydroxylation sites is 1. The largest absolute Gasteiger partial charge is 0.481 e. The van der Waals surface area contributed by atoms with Gasteiger partial charge in [-0.3, -0.25) is 4.79 Å². The van der Waals surface area contributed by atoms with Crippen LogP contribution in [0.25, 0.3) is 5.57 Å². The van der Waals surface area contributed by atoms with Gasteiger partial charge in [0.2, 0.25) is 0 Å². The summed E-state index contributed by atoms with van der Waals surface area (Å²) in [7, 11) is 1.81. The standard InChI is InChI=1S/C17H16ClNO3/c1-19-9-13-12(17(20)21)8-14(18)10-6-7-22-15-5-3-2-4-11(15)16(10)13/h2-8,12-13,19H,9H2,1H3,(H,20,21)/t12-,13-/m0/s1. The molecule has 1 aromatic carbocycles. The number of hydrogen-bond donors (Lipinski definition) is 2. The molecule has 3 rings (SSSR count). The maximum atomic E-state index is 11.7. The number of carbonyl (C=O) groups is 1. The molecule has 5 heteroatoms. The van der Waals surface area contributed by atoms with Gasteiger partial charge in [0, 0.05) is 28.6 Å². The van der Waals surface area contributed by atoms with Crippen molar-refractivity contribution in [1.82, 2.24) is 5.32 Å². The maximum Gasteiger partial charge on any atom is 0.311 e. The van der Waals surface area contributed by atoms with Crippen molar-refractivity contribution in [2.45, 2.75) is 0 Å². The fraction of sp³-hybridized carbons (Fsp3) is 0.235. The van der Waals surface area contributed by atoms with Crippen LogP contribution in [0.3, 0.4) is 0 Å². The van der Waals surface area contributed by atoms with Crippen molar-refractivity contribution in [2.75, 3.05) is 13.6 Å². The number of allylic oxidation sites excluding steroid dienone is 3. The number of nitrogens with one attached hydrogen (secondary N) is 1. The SMILES string of the molecule is CNC[C@@H]1C2=C(C=COc3ccccc32)C(Cl)=C[C@@H]1C(=O)O. The van der Waals surface area contributed by atoms with Gasteiger partial charge in [-0.1, -0.05) is 35.9 Å². The Hall–Kier alpha value is -2.04. The summed E-state index contributed by atoms with van der Waals surface area (Å²) < 4.78 is 5.63. The predicted molar refractivity (Wildman–Crippen MR) is 85.6 cm³/mol. The molecule has 1 aromatic rings. The molecule has 0 spiro atoms. The van der Waals surface area contributed by atoms with Crippen LogP contribution in [0.5, 0.6) is 5.75 Å². The Morgan fingerprint density at radius 3 is 2.91 bits per heavy atom. The second-order valence-corrected chi connectivity index (χ2v) is 5.69. The van der Waals surface area contributed by atoms with Gasteiger partial charge in [-0.25, -0.2) is 0 Å². The first kappa shape index (κ1) is 14.9. The first-order valence-electron chi connectivity index (χ1n) is 7.05. The normalized spacial score (nSPS) is 23.1. The Bertz CT molecular complexity index is 706. The zero-order valence-electron chi connectivity index (χ0n) is 12.0. The average molecular weight is 318 g/mol. The van der Waals surface area contributed by atoms with Gasteiger partial charge in [-0.05, 0) is 24.8 Å². The van der Waals surface area contributed by atoms with Gasteiger partial charge in [0.15, 0.2) is 0 Å². The van der Waals surface area contributed by atoms with Gasteiger partial charge in [0.1, 0.15) is 5.75 Å². The van der Waals surface area contributed by atoms with E-state index in [1.54, 1.807) is 18.4 Å². The zero-order chi connectivity index (χ0) is 15.7. The molecule has 2 N–H and O–H groups in total. The van der Waals surface area contributed by atoms with Gasteiger partial charge < -0.3 is 15.2 Å². The zero-order valence-corrected chi connectivity index (χ0v) is 12.8. The molecule has 1 aliphatic heterocycles. The summed E-state index contributed by atoms with van der Waals surface area (Å²) in [6.07, 6.45) is 5.01. The number of fused-ring (bicyclic) bond motifs is 2. The van der Waals surface area contributed by atoms with E-state index < -0.39 is 11.9 Å².